The molecule has 2 fully saturated rings. The molecule has 0 atom stereocenters. The molecule has 152 valence electrons. The summed E-state index contributed by atoms with van der Waals surface area (Å²) < 4.78 is 0. The van der Waals surface area contributed by atoms with E-state index < -0.39 is 0 Å². The van der Waals surface area contributed by atoms with E-state index in [1.165, 1.54) is 0 Å². The lowest BCUT2D eigenvalue weighted by molar-refractivity contribution is -0.116. The molecule has 2 aromatic carbocycles. The van der Waals surface area contributed by atoms with Crippen LogP contribution < -0.4 is 10.2 Å². The van der Waals surface area contributed by atoms with Crippen molar-refractivity contribution in [2.24, 2.45) is 0 Å². The fraction of sp³-hybridized carbons (Fsp3) is 0.333. The first-order valence-corrected chi connectivity index (χ1v) is 11.2. The van der Waals surface area contributed by atoms with Gasteiger partial charge in [0, 0.05) is 18.8 Å². The van der Waals surface area contributed by atoms with Gasteiger partial charge in [-0.1, -0.05) is 47.0 Å². The van der Waals surface area contributed by atoms with Crippen molar-refractivity contribution in [3.8, 4) is 0 Å². The first-order valence-electron chi connectivity index (χ1n) is 9.43. The summed E-state index contributed by atoms with van der Waals surface area (Å²) in [4.78, 5) is 28.8. The number of anilines is 2. The molecule has 0 aromatic heterocycles. The number of amides is 3. The van der Waals surface area contributed by atoms with Crippen LogP contribution in [0.15, 0.2) is 42.5 Å². The monoisotopic (exact) mass is 449 g/mol. The molecule has 1 spiro atoms. The van der Waals surface area contributed by atoms with Gasteiger partial charge in [-0.3, -0.25) is 9.69 Å². The van der Waals surface area contributed by atoms with Gasteiger partial charge < -0.3 is 10.2 Å². The van der Waals surface area contributed by atoms with Crippen molar-refractivity contribution >= 4 is 58.3 Å². The molecule has 0 saturated carbocycles. The van der Waals surface area contributed by atoms with E-state index >= 15 is 0 Å². The van der Waals surface area contributed by atoms with E-state index in [1.807, 2.05) is 36.1 Å². The molecule has 2 aliphatic heterocycles. The number of rotatable bonds is 2. The molecule has 0 bridgehead atoms. The summed E-state index contributed by atoms with van der Waals surface area (Å²) in [5, 5.41) is 3.57. The van der Waals surface area contributed by atoms with E-state index in [-0.39, 0.29) is 16.8 Å². The zero-order valence-corrected chi connectivity index (χ0v) is 18.3. The molecule has 4 rings (SSSR count). The van der Waals surface area contributed by atoms with Crippen LogP contribution in [-0.2, 0) is 4.79 Å². The fourth-order valence-electron chi connectivity index (χ4n) is 3.85. The predicted molar refractivity (Wildman–Crippen MR) is 120 cm³/mol. The third-order valence-corrected chi connectivity index (χ3v) is 7.78. The number of aryl methyl sites for hydroxylation is 1. The zero-order valence-electron chi connectivity index (χ0n) is 16.0. The van der Waals surface area contributed by atoms with Crippen LogP contribution in [0.25, 0.3) is 0 Å². The summed E-state index contributed by atoms with van der Waals surface area (Å²) >= 11 is 13.9. The Morgan fingerprint density at radius 2 is 1.79 bits per heavy atom. The van der Waals surface area contributed by atoms with Gasteiger partial charge in [0.15, 0.2) is 0 Å². The Balaban J connectivity index is 1.46. The lowest BCUT2D eigenvalue weighted by Crippen LogP contribution is -2.53. The zero-order chi connectivity index (χ0) is 20.6. The van der Waals surface area contributed by atoms with Gasteiger partial charge in [-0.2, -0.15) is 0 Å². The number of hydrogen-bond acceptors (Lipinski definition) is 3. The second-order valence-corrected chi connectivity index (χ2v) is 9.44. The van der Waals surface area contributed by atoms with Crippen LogP contribution in [-0.4, -0.2) is 40.6 Å². The number of piperidine rings is 1. The summed E-state index contributed by atoms with van der Waals surface area (Å²) in [6.45, 7) is 3.16. The van der Waals surface area contributed by atoms with Crippen molar-refractivity contribution in [1.29, 1.82) is 0 Å². The van der Waals surface area contributed by atoms with Crippen molar-refractivity contribution in [2.75, 3.05) is 29.1 Å². The van der Waals surface area contributed by atoms with Crippen LogP contribution in [0.2, 0.25) is 10.0 Å². The molecule has 0 aliphatic carbocycles. The second kappa shape index (κ2) is 8.09. The number of carbonyl (C=O) groups is 2. The van der Waals surface area contributed by atoms with Crippen LogP contribution >= 0.6 is 35.0 Å². The largest absolute Gasteiger partial charge is 0.324 e. The maximum absolute atomic E-state index is 12.7. The molecule has 0 unspecified atom stereocenters. The molecule has 3 amide bonds. The molecule has 1 N–H and O–H groups in total. The van der Waals surface area contributed by atoms with Crippen molar-refractivity contribution in [3.05, 3.63) is 58.1 Å². The quantitative estimate of drug-likeness (QED) is 0.666. The lowest BCUT2D eigenvalue weighted by Gasteiger charge is -2.43. The Labute approximate surface area is 184 Å². The van der Waals surface area contributed by atoms with Crippen molar-refractivity contribution in [1.82, 2.24) is 4.90 Å². The molecule has 2 saturated heterocycles. The minimum Gasteiger partial charge on any atom is -0.324 e. The van der Waals surface area contributed by atoms with E-state index in [0.717, 1.165) is 11.3 Å². The molecular formula is C21H21Cl2N3O2S. The van der Waals surface area contributed by atoms with Gasteiger partial charge in [-0.05, 0) is 44.0 Å². The highest BCUT2D eigenvalue weighted by Gasteiger charge is 2.49. The summed E-state index contributed by atoms with van der Waals surface area (Å²) in [5.41, 5.74) is 2.58. The topological polar surface area (TPSA) is 52.7 Å². The second-order valence-electron chi connectivity index (χ2n) is 7.32. The number of nitrogens with one attached hydrogen (secondary N) is 1. The highest BCUT2D eigenvalue weighted by molar-refractivity contribution is 8.02. The molecule has 2 aromatic rings. The van der Waals surface area contributed by atoms with Crippen molar-refractivity contribution < 1.29 is 9.59 Å². The Hall–Kier alpha value is -1.89. The molecule has 2 aliphatic rings. The molecule has 5 nitrogen and oxygen atoms in total. The average Bonchev–Trinajstić information content (AvgIpc) is 3.02. The predicted octanol–water partition coefficient (Wildman–Crippen LogP) is 5.41. The number of nitrogens with zero attached hydrogens (tertiary/aromatic N) is 2. The minimum absolute atomic E-state index is 0.127. The summed E-state index contributed by atoms with van der Waals surface area (Å²) in [7, 11) is 0. The molecular weight excluding hydrogens is 429 g/mol. The molecule has 2 heterocycles. The Kier molecular flexibility index (Phi) is 5.69. The lowest BCUT2D eigenvalue weighted by atomic mass is 10.0. The number of urea groups is 1. The summed E-state index contributed by atoms with van der Waals surface area (Å²) in [5.74, 6) is 0.598. The minimum atomic E-state index is -0.295. The van der Waals surface area contributed by atoms with Crippen LogP contribution in [0.1, 0.15) is 18.4 Å². The Morgan fingerprint density at radius 1 is 1.10 bits per heavy atom. The summed E-state index contributed by atoms with van der Waals surface area (Å²) in [6, 6.07) is 13.0. The van der Waals surface area contributed by atoms with Gasteiger partial charge in [0.05, 0.1) is 26.4 Å². The highest BCUT2D eigenvalue weighted by atomic mass is 35.5. The number of likely N-dealkylation sites (tertiary alicyclic amines) is 1. The Morgan fingerprint density at radius 3 is 2.48 bits per heavy atom. The fourth-order valence-corrected chi connectivity index (χ4v) is 5.52. The van der Waals surface area contributed by atoms with E-state index in [1.54, 1.807) is 34.9 Å². The van der Waals surface area contributed by atoms with E-state index in [2.05, 4.69) is 5.32 Å². The normalized spacial score (nSPS) is 18.4. The van der Waals surface area contributed by atoms with Crippen molar-refractivity contribution in [3.63, 3.8) is 0 Å². The standard InChI is InChI=1S/C21H21Cl2N3O2S/c1-14-5-7-15(8-6-14)26-18(27)13-29-21(26)9-11-25(12-10-21)20(28)24-17-4-2-3-16(22)19(17)23/h2-8H,9-13H2,1H3,(H,24,28). The van der Waals surface area contributed by atoms with Crippen LogP contribution in [0, 0.1) is 6.92 Å². The van der Waals surface area contributed by atoms with Crippen LogP contribution in [0.5, 0.6) is 0 Å². The maximum atomic E-state index is 12.7. The first-order chi connectivity index (χ1) is 13.9. The SMILES string of the molecule is Cc1ccc(N2C(=O)CSC23CCN(C(=O)Nc2cccc(Cl)c2Cl)CC3)cc1. The van der Waals surface area contributed by atoms with Gasteiger partial charge in [-0.15, -0.1) is 11.8 Å². The number of benzene rings is 2. The van der Waals surface area contributed by atoms with Gasteiger partial charge in [0.2, 0.25) is 5.91 Å². The van der Waals surface area contributed by atoms with Gasteiger partial charge in [-0.25, -0.2) is 4.79 Å². The average molecular weight is 450 g/mol. The molecule has 29 heavy (non-hydrogen) atoms. The highest BCUT2D eigenvalue weighted by Crippen LogP contribution is 2.46. The maximum Gasteiger partial charge on any atom is 0.321 e. The van der Waals surface area contributed by atoms with E-state index in [0.29, 0.717) is 47.4 Å². The first kappa shape index (κ1) is 20.4. The smallest absolute Gasteiger partial charge is 0.321 e. The Bertz CT molecular complexity index is 943. The third-order valence-electron chi connectivity index (χ3n) is 5.44. The molecule has 0 radical (unpaired) electrons. The number of carbonyl (C=O) groups excluding carboxylic acids is 2. The number of thioether (sulfide) groups is 1. The van der Waals surface area contributed by atoms with Crippen molar-refractivity contribution in [2.45, 2.75) is 24.6 Å². The number of halogens is 2. The van der Waals surface area contributed by atoms with Gasteiger partial charge in [0.25, 0.3) is 0 Å². The van der Waals surface area contributed by atoms with Gasteiger partial charge in [0.1, 0.15) is 0 Å². The number of hydrogen-bond donors (Lipinski definition) is 1. The van der Waals surface area contributed by atoms with E-state index in [4.69, 9.17) is 23.2 Å². The van der Waals surface area contributed by atoms with Gasteiger partial charge >= 0.3 is 6.03 Å². The third kappa shape index (κ3) is 3.93. The van der Waals surface area contributed by atoms with Crippen LogP contribution in [0.3, 0.4) is 0 Å². The summed E-state index contributed by atoms with van der Waals surface area (Å²) in [6.07, 6.45) is 1.43. The van der Waals surface area contributed by atoms with Crippen LogP contribution in [0.4, 0.5) is 16.2 Å². The van der Waals surface area contributed by atoms with E-state index in [9.17, 15) is 9.59 Å². The molecule has 8 heteroatoms.